The van der Waals surface area contributed by atoms with E-state index in [0.717, 1.165) is 9.35 Å². The molecular formula is C10H13BrN2O4S. The van der Waals surface area contributed by atoms with Crippen molar-refractivity contribution in [2.24, 2.45) is 0 Å². The second-order valence-electron chi connectivity index (χ2n) is 3.46. The van der Waals surface area contributed by atoms with Crippen LogP contribution in [0.3, 0.4) is 0 Å². The van der Waals surface area contributed by atoms with Crippen LogP contribution in [0.2, 0.25) is 0 Å². The summed E-state index contributed by atoms with van der Waals surface area (Å²) in [7, 11) is 0. The van der Waals surface area contributed by atoms with Crippen LogP contribution in [-0.2, 0) is 11.3 Å². The Kier molecular flexibility index (Phi) is 6.10. The molecule has 4 N–H and O–H groups in total. The normalized spacial score (nSPS) is 11.9. The Labute approximate surface area is 116 Å². The minimum atomic E-state index is -1.17. The van der Waals surface area contributed by atoms with Crippen LogP contribution in [0.5, 0.6) is 0 Å². The van der Waals surface area contributed by atoms with Gasteiger partial charge in [0.1, 0.15) is 6.04 Å². The second kappa shape index (κ2) is 7.34. The largest absolute Gasteiger partial charge is 0.480 e. The summed E-state index contributed by atoms with van der Waals surface area (Å²) in [6, 6.07) is 0.221. The zero-order chi connectivity index (χ0) is 13.5. The number of urea groups is 1. The molecule has 0 unspecified atom stereocenters. The molecule has 18 heavy (non-hydrogen) atoms. The molecule has 0 aliphatic heterocycles. The number of hydrogen-bond acceptors (Lipinski definition) is 4. The molecule has 1 aromatic rings. The van der Waals surface area contributed by atoms with Crippen LogP contribution in [0, 0.1) is 0 Å². The van der Waals surface area contributed by atoms with Crippen molar-refractivity contribution in [2.45, 2.75) is 19.0 Å². The Morgan fingerprint density at radius 3 is 2.72 bits per heavy atom. The second-order valence-corrected chi connectivity index (χ2v) is 5.37. The van der Waals surface area contributed by atoms with Gasteiger partial charge in [0.15, 0.2) is 0 Å². The van der Waals surface area contributed by atoms with Gasteiger partial charge in [-0.1, -0.05) is 0 Å². The summed E-state index contributed by atoms with van der Waals surface area (Å²) in [5.41, 5.74) is 0. The van der Waals surface area contributed by atoms with Crippen molar-refractivity contribution in [3.8, 4) is 0 Å². The number of aliphatic hydroxyl groups excluding tert-OH is 1. The number of nitrogens with one attached hydrogen (secondary N) is 2. The molecule has 0 saturated carbocycles. The number of carboxylic acids is 1. The standard InChI is InChI=1S/C10H13BrN2O4S/c11-6-3-7(18-5-6)4-12-10(17)13-8(1-2-14)9(15)16/h3,5,8,14H,1-2,4H2,(H,15,16)(H2,12,13,17)/t8-/m0/s1. The van der Waals surface area contributed by atoms with Crippen LogP contribution in [0.25, 0.3) is 0 Å². The highest BCUT2D eigenvalue weighted by atomic mass is 79.9. The molecule has 0 aromatic carbocycles. The van der Waals surface area contributed by atoms with Crippen molar-refractivity contribution >= 4 is 39.3 Å². The SMILES string of the molecule is O=C(NCc1cc(Br)cs1)N[C@@H](CCO)C(=O)O. The number of halogens is 1. The maximum Gasteiger partial charge on any atom is 0.326 e. The third-order valence-electron chi connectivity index (χ3n) is 2.07. The Morgan fingerprint density at radius 1 is 1.50 bits per heavy atom. The molecule has 0 fully saturated rings. The molecule has 2 amide bonds. The van der Waals surface area contributed by atoms with Crippen LogP contribution >= 0.6 is 27.3 Å². The number of thiophene rings is 1. The van der Waals surface area contributed by atoms with Gasteiger partial charge in [0.2, 0.25) is 0 Å². The third kappa shape index (κ3) is 5.03. The van der Waals surface area contributed by atoms with E-state index >= 15 is 0 Å². The highest BCUT2D eigenvalue weighted by molar-refractivity contribution is 9.10. The Balaban J connectivity index is 2.38. The number of rotatable bonds is 6. The summed E-state index contributed by atoms with van der Waals surface area (Å²) in [5, 5.41) is 24.2. The van der Waals surface area contributed by atoms with E-state index in [9.17, 15) is 9.59 Å². The van der Waals surface area contributed by atoms with Gasteiger partial charge in [-0.3, -0.25) is 0 Å². The molecule has 0 spiro atoms. The lowest BCUT2D eigenvalue weighted by Gasteiger charge is -2.13. The number of hydrogen-bond donors (Lipinski definition) is 4. The maximum atomic E-state index is 11.4. The van der Waals surface area contributed by atoms with Crippen molar-refractivity contribution in [1.82, 2.24) is 10.6 Å². The quantitative estimate of drug-likeness (QED) is 0.626. The predicted octanol–water partition coefficient (Wildman–Crippen LogP) is 1.15. The zero-order valence-electron chi connectivity index (χ0n) is 9.35. The van der Waals surface area contributed by atoms with E-state index in [2.05, 4.69) is 26.6 Å². The van der Waals surface area contributed by atoms with Crippen molar-refractivity contribution in [3.63, 3.8) is 0 Å². The zero-order valence-corrected chi connectivity index (χ0v) is 11.8. The lowest BCUT2D eigenvalue weighted by atomic mass is 10.2. The van der Waals surface area contributed by atoms with Gasteiger partial charge in [0.05, 0.1) is 6.54 Å². The summed E-state index contributed by atoms with van der Waals surface area (Å²) in [6.45, 7) is 0.0304. The average molecular weight is 337 g/mol. The monoisotopic (exact) mass is 336 g/mol. The third-order valence-corrected chi connectivity index (χ3v) is 3.76. The van der Waals surface area contributed by atoms with Gasteiger partial charge in [-0.2, -0.15) is 0 Å². The van der Waals surface area contributed by atoms with E-state index < -0.39 is 18.0 Å². The first-order chi connectivity index (χ1) is 8.52. The molecule has 0 aliphatic rings. The number of amides is 2. The van der Waals surface area contributed by atoms with Gasteiger partial charge in [-0.25, -0.2) is 9.59 Å². The molecule has 1 rings (SSSR count). The van der Waals surface area contributed by atoms with Gasteiger partial charge in [0.25, 0.3) is 0 Å². The van der Waals surface area contributed by atoms with Crippen molar-refractivity contribution < 1.29 is 19.8 Å². The minimum absolute atomic E-state index is 0.0205. The van der Waals surface area contributed by atoms with Gasteiger partial charge in [-0.05, 0) is 22.0 Å². The number of carbonyl (C=O) groups is 2. The summed E-state index contributed by atoms with van der Waals surface area (Å²) in [6.07, 6.45) is -0.0205. The van der Waals surface area contributed by atoms with Crippen LogP contribution in [-0.4, -0.2) is 34.9 Å². The first kappa shape index (κ1) is 14.9. The number of carboxylic acid groups (broad SMARTS) is 1. The lowest BCUT2D eigenvalue weighted by molar-refractivity contribution is -0.139. The van der Waals surface area contributed by atoms with Crippen LogP contribution in [0.4, 0.5) is 4.79 Å². The fourth-order valence-electron chi connectivity index (χ4n) is 1.21. The maximum absolute atomic E-state index is 11.4. The lowest BCUT2D eigenvalue weighted by Crippen LogP contribution is -2.46. The Hall–Kier alpha value is -1.12. The van der Waals surface area contributed by atoms with E-state index in [4.69, 9.17) is 10.2 Å². The molecule has 8 heteroatoms. The van der Waals surface area contributed by atoms with Crippen molar-refractivity contribution in [3.05, 3.63) is 20.8 Å². The molecule has 6 nitrogen and oxygen atoms in total. The van der Waals surface area contributed by atoms with Gasteiger partial charge >= 0.3 is 12.0 Å². The topological polar surface area (TPSA) is 98.7 Å². The molecule has 0 bridgehead atoms. The van der Waals surface area contributed by atoms with E-state index in [1.807, 2.05) is 11.4 Å². The first-order valence-corrected chi connectivity index (χ1v) is 6.81. The van der Waals surface area contributed by atoms with E-state index in [0.29, 0.717) is 6.54 Å². The molecule has 0 aliphatic carbocycles. The average Bonchev–Trinajstić information content (AvgIpc) is 2.72. The highest BCUT2D eigenvalue weighted by Gasteiger charge is 2.18. The van der Waals surface area contributed by atoms with Crippen LogP contribution in [0.1, 0.15) is 11.3 Å². The highest BCUT2D eigenvalue weighted by Crippen LogP contribution is 2.19. The Morgan fingerprint density at radius 2 is 2.22 bits per heavy atom. The molecule has 1 atom stereocenters. The van der Waals surface area contributed by atoms with E-state index in [1.165, 1.54) is 11.3 Å². The van der Waals surface area contributed by atoms with Crippen molar-refractivity contribution in [1.29, 1.82) is 0 Å². The van der Waals surface area contributed by atoms with Crippen molar-refractivity contribution in [2.75, 3.05) is 6.61 Å². The fraction of sp³-hybridized carbons (Fsp3) is 0.400. The molecule has 100 valence electrons. The Bertz CT molecular complexity index is 424. The number of aliphatic carboxylic acids is 1. The minimum Gasteiger partial charge on any atom is -0.480 e. The molecule has 0 radical (unpaired) electrons. The smallest absolute Gasteiger partial charge is 0.326 e. The fourth-order valence-corrected chi connectivity index (χ4v) is 2.60. The molecule has 1 aromatic heterocycles. The number of aliphatic hydroxyl groups is 1. The summed E-state index contributed by atoms with van der Waals surface area (Å²) in [5.74, 6) is -1.17. The summed E-state index contributed by atoms with van der Waals surface area (Å²) < 4.78 is 0.938. The van der Waals surface area contributed by atoms with Crippen LogP contribution < -0.4 is 10.6 Å². The predicted molar refractivity (Wildman–Crippen MR) is 70.5 cm³/mol. The number of carbonyl (C=O) groups excluding carboxylic acids is 1. The summed E-state index contributed by atoms with van der Waals surface area (Å²) >= 11 is 4.78. The molecule has 0 saturated heterocycles. The molecule has 1 heterocycles. The van der Waals surface area contributed by atoms with Gasteiger partial charge in [-0.15, -0.1) is 11.3 Å². The van der Waals surface area contributed by atoms with Gasteiger partial charge in [0, 0.05) is 27.8 Å². The molecular weight excluding hydrogens is 324 g/mol. The van der Waals surface area contributed by atoms with E-state index in [1.54, 1.807) is 0 Å². The van der Waals surface area contributed by atoms with Gasteiger partial charge < -0.3 is 20.8 Å². The van der Waals surface area contributed by atoms with Crippen LogP contribution in [0.15, 0.2) is 15.9 Å². The first-order valence-electron chi connectivity index (χ1n) is 5.14. The van der Waals surface area contributed by atoms with E-state index in [-0.39, 0.29) is 13.0 Å². The summed E-state index contributed by atoms with van der Waals surface area (Å²) in [4.78, 5) is 23.1.